The third-order valence-corrected chi connectivity index (χ3v) is 6.11. The zero-order chi connectivity index (χ0) is 23.1. The van der Waals surface area contributed by atoms with Crippen molar-refractivity contribution in [1.29, 1.82) is 0 Å². The lowest BCUT2D eigenvalue weighted by Gasteiger charge is -2.33. The minimum Gasteiger partial charge on any atom is -0.484 e. The molecule has 0 saturated heterocycles. The number of esters is 1. The Balaban J connectivity index is 1.65. The molecule has 1 amide bonds. The first-order chi connectivity index (χ1) is 15.4. The number of amides is 1. The zero-order valence-corrected chi connectivity index (χ0v) is 18.5. The molecule has 1 aliphatic heterocycles. The van der Waals surface area contributed by atoms with E-state index >= 15 is 0 Å². The molecule has 2 aromatic carbocycles. The molecule has 0 aromatic heterocycles. The first-order valence-corrected chi connectivity index (χ1v) is 11.2. The SMILES string of the molecule is COCCNS(=O)(=O)c1ccc(OCC(=O)N2CC(C(=O)OC)Oc3ccccc32)cc1. The first kappa shape index (κ1) is 23.5. The summed E-state index contributed by atoms with van der Waals surface area (Å²) in [5, 5.41) is 0. The molecule has 0 aliphatic carbocycles. The fourth-order valence-corrected chi connectivity index (χ4v) is 4.04. The van der Waals surface area contributed by atoms with Crippen LogP contribution >= 0.6 is 0 Å². The molecule has 2 aromatic rings. The Morgan fingerprint density at radius 3 is 2.53 bits per heavy atom. The summed E-state index contributed by atoms with van der Waals surface area (Å²) in [4.78, 5) is 26.2. The van der Waals surface area contributed by atoms with Crippen LogP contribution < -0.4 is 19.1 Å². The summed E-state index contributed by atoms with van der Waals surface area (Å²) in [6.07, 6.45) is -0.950. The Morgan fingerprint density at radius 1 is 1.12 bits per heavy atom. The van der Waals surface area contributed by atoms with Crippen LogP contribution in [0.3, 0.4) is 0 Å². The van der Waals surface area contributed by atoms with Gasteiger partial charge in [0.05, 0.1) is 30.8 Å². The van der Waals surface area contributed by atoms with E-state index in [9.17, 15) is 18.0 Å². The van der Waals surface area contributed by atoms with Crippen molar-refractivity contribution < 1.29 is 37.0 Å². The summed E-state index contributed by atoms with van der Waals surface area (Å²) in [7, 11) is -0.939. The molecule has 3 rings (SSSR count). The second-order valence-electron chi connectivity index (χ2n) is 6.75. The molecular weight excluding hydrogens is 440 g/mol. The number of rotatable bonds is 9. The molecule has 172 valence electrons. The maximum absolute atomic E-state index is 12.8. The van der Waals surface area contributed by atoms with E-state index in [1.54, 1.807) is 24.3 Å². The fraction of sp³-hybridized carbons (Fsp3) is 0.333. The molecule has 0 fully saturated rings. The van der Waals surface area contributed by atoms with E-state index in [1.807, 2.05) is 0 Å². The Kier molecular flexibility index (Phi) is 7.67. The molecule has 1 unspecified atom stereocenters. The summed E-state index contributed by atoms with van der Waals surface area (Å²) in [5.74, 6) is -0.278. The summed E-state index contributed by atoms with van der Waals surface area (Å²) >= 11 is 0. The lowest BCUT2D eigenvalue weighted by atomic mass is 10.2. The van der Waals surface area contributed by atoms with Crippen molar-refractivity contribution >= 4 is 27.6 Å². The maximum atomic E-state index is 12.8. The first-order valence-electron chi connectivity index (χ1n) is 9.71. The van der Waals surface area contributed by atoms with Gasteiger partial charge in [0, 0.05) is 13.7 Å². The topological polar surface area (TPSA) is 120 Å². The molecule has 1 atom stereocenters. The number of anilines is 1. The van der Waals surface area contributed by atoms with E-state index in [0.29, 0.717) is 17.2 Å². The minimum absolute atomic E-state index is 0.0177. The van der Waals surface area contributed by atoms with Crippen molar-refractivity contribution in [3.63, 3.8) is 0 Å². The Bertz CT molecular complexity index is 1060. The van der Waals surface area contributed by atoms with Crippen LogP contribution in [0.15, 0.2) is 53.4 Å². The average molecular weight is 464 g/mol. The number of methoxy groups -OCH3 is 2. The van der Waals surface area contributed by atoms with Gasteiger partial charge in [-0.2, -0.15) is 0 Å². The highest BCUT2D eigenvalue weighted by Gasteiger charge is 2.34. The number of carbonyl (C=O) groups excluding carboxylic acids is 2. The molecule has 1 heterocycles. The quantitative estimate of drug-likeness (QED) is 0.430. The van der Waals surface area contributed by atoms with Gasteiger partial charge in [-0.3, -0.25) is 4.79 Å². The van der Waals surface area contributed by atoms with Gasteiger partial charge in [-0.15, -0.1) is 0 Å². The summed E-state index contributed by atoms with van der Waals surface area (Å²) in [6.45, 7) is 0.0693. The van der Waals surface area contributed by atoms with Gasteiger partial charge in [-0.25, -0.2) is 17.9 Å². The molecule has 10 nitrogen and oxygen atoms in total. The molecule has 32 heavy (non-hydrogen) atoms. The predicted octanol–water partition coefficient (Wildman–Crippen LogP) is 0.957. The van der Waals surface area contributed by atoms with Gasteiger partial charge in [0.25, 0.3) is 5.91 Å². The maximum Gasteiger partial charge on any atom is 0.348 e. The van der Waals surface area contributed by atoms with Gasteiger partial charge in [0.1, 0.15) is 11.5 Å². The molecule has 0 spiro atoms. The van der Waals surface area contributed by atoms with Crippen molar-refractivity contribution in [2.24, 2.45) is 0 Å². The Labute approximate surface area is 186 Å². The van der Waals surface area contributed by atoms with Crippen molar-refractivity contribution in [1.82, 2.24) is 4.72 Å². The van der Waals surface area contributed by atoms with Crippen LogP contribution in [0.1, 0.15) is 0 Å². The van der Waals surface area contributed by atoms with Crippen LogP contribution in [0.2, 0.25) is 0 Å². The van der Waals surface area contributed by atoms with Gasteiger partial charge in [0.2, 0.25) is 16.1 Å². The van der Waals surface area contributed by atoms with E-state index in [1.165, 1.54) is 43.4 Å². The number of fused-ring (bicyclic) bond motifs is 1. The van der Waals surface area contributed by atoms with Crippen LogP contribution in [-0.4, -0.2) is 66.9 Å². The summed E-state index contributed by atoms with van der Waals surface area (Å²) in [5.41, 5.74) is 0.518. The van der Waals surface area contributed by atoms with Crippen LogP contribution in [-0.2, 0) is 29.1 Å². The third-order valence-electron chi connectivity index (χ3n) is 4.63. The number of hydrogen-bond donors (Lipinski definition) is 1. The molecule has 1 N–H and O–H groups in total. The Hall–Kier alpha value is -3.15. The van der Waals surface area contributed by atoms with E-state index in [0.717, 1.165) is 0 Å². The summed E-state index contributed by atoms with van der Waals surface area (Å²) < 4.78 is 47.5. The summed E-state index contributed by atoms with van der Waals surface area (Å²) in [6, 6.07) is 12.5. The van der Waals surface area contributed by atoms with Crippen LogP contribution in [0.5, 0.6) is 11.5 Å². The van der Waals surface area contributed by atoms with Crippen molar-refractivity contribution in [3.05, 3.63) is 48.5 Å². The number of nitrogens with zero attached hydrogens (tertiary/aromatic N) is 1. The third kappa shape index (κ3) is 5.55. The van der Waals surface area contributed by atoms with Crippen LogP contribution in [0, 0.1) is 0 Å². The predicted molar refractivity (Wildman–Crippen MR) is 114 cm³/mol. The smallest absolute Gasteiger partial charge is 0.348 e. The molecule has 0 radical (unpaired) electrons. The minimum atomic E-state index is -3.67. The highest BCUT2D eigenvalue weighted by atomic mass is 32.2. The average Bonchev–Trinajstić information content (AvgIpc) is 2.81. The van der Waals surface area contributed by atoms with E-state index in [4.69, 9.17) is 18.9 Å². The van der Waals surface area contributed by atoms with Gasteiger partial charge < -0.3 is 23.8 Å². The highest BCUT2D eigenvalue weighted by molar-refractivity contribution is 7.89. The molecular formula is C21H24N2O8S. The number of benzene rings is 2. The fourth-order valence-electron chi connectivity index (χ4n) is 3.02. The zero-order valence-electron chi connectivity index (χ0n) is 17.6. The van der Waals surface area contributed by atoms with Crippen LogP contribution in [0.25, 0.3) is 0 Å². The number of hydrogen-bond acceptors (Lipinski definition) is 8. The number of ether oxygens (including phenoxy) is 4. The van der Waals surface area contributed by atoms with Crippen LogP contribution in [0.4, 0.5) is 5.69 Å². The Morgan fingerprint density at radius 2 is 1.84 bits per heavy atom. The highest BCUT2D eigenvalue weighted by Crippen LogP contribution is 2.33. The molecule has 11 heteroatoms. The van der Waals surface area contributed by atoms with E-state index < -0.39 is 28.0 Å². The molecule has 0 bridgehead atoms. The number of nitrogens with one attached hydrogen (secondary N) is 1. The monoisotopic (exact) mass is 464 g/mol. The lowest BCUT2D eigenvalue weighted by Crippen LogP contribution is -2.48. The second kappa shape index (κ2) is 10.4. The van der Waals surface area contributed by atoms with Gasteiger partial charge >= 0.3 is 5.97 Å². The van der Waals surface area contributed by atoms with Crippen molar-refractivity contribution in [2.45, 2.75) is 11.0 Å². The number of carbonyl (C=O) groups is 2. The number of sulfonamides is 1. The van der Waals surface area contributed by atoms with E-state index in [2.05, 4.69) is 4.72 Å². The van der Waals surface area contributed by atoms with Crippen molar-refractivity contribution in [2.75, 3.05) is 45.4 Å². The standard InChI is InChI=1S/C21H24N2O8S/c1-28-12-11-22-32(26,27)16-9-7-15(8-10-16)30-14-20(24)23-13-19(21(25)29-2)31-18-6-4-3-5-17(18)23/h3-10,19,22H,11-14H2,1-2H3. The number of para-hydroxylation sites is 2. The van der Waals surface area contributed by atoms with Crippen molar-refractivity contribution in [3.8, 4) is 11.5 Å². The molecule has 0 saturated carbocycles. The normalized spacial score (nSPS) is 15.4. The molecule has 1 aliphatic rings. The van der Waals surface area contributed by atoms with Gasteiger partial charge in [-0.1, -0.05) is 12.1 Å². The van der Waals surface area contributed by atoms with Gasteiger partial charge in [-0.05, 0) is 36.4 Å². The van der Waals surface area contributed by atoms with E-state index in [-0.39, 0.29) is 31.2 Å². The largest absolute Gasteiger partial charge is 0.484 e. The lowest BCUT2D eigenvalue weighted by molar-refractivity contribution is -0.148. The van der Waals surface area contributed by atoms with Gasteiger partial charge in [0.15, 0.2) is 6.61 Å². The second-order valence-corrected chi connectivity index (χ2v) is 8.52.